The Bertz CT molecular complexity index is 1210. The Morgan fingerprint density at radius 2 is 0.921 bits per heavy atom. The van der Waals surface area contributed by atoms with Crippen LogP contribution < -0.4 is 5.32 Å². The molecule has 0 aromatic carbocycles. The molecule has 63 heavy (non-hydrogen) atoms. The summed E-state index contributed by atoms with van der Waals surface area (Å²) < 4.78 is 23.6. The summed E-state index contributed by atoms with van der Waals surface area (Å²) in [6, 6.07) is -0.876. The Balaban J connectivity index is 4.40. The number of phosphoric ester groups is 1. The fourth-order valence-electron chi connectivity index (χ4n) is 7.28. The van der Waals surface area contributed by atoms with E-state index in [0.29, 0.717) is 17.4 Å². The molecule has 3 N–H and O–H groups in total. The van der Waals surface area contributed by atoms with Crippen molar-refractivity contribution in [2.75, 3.05) is 40.9 Å². The lowest BCUT2D eigenvalue weighted by atomic mass is 10.0. The number of aliphatic hydroxyl groups excluding tert-OH is 1. The Labute approximate surface area is 390 Å². The van der Waals surface area contributed by atoms with Gasteiger partial charge in [-0.05, 0) is 77.0 Å². The molecule has 0 aliphatic rings. The highest BCUT2D eigenvalue weighted by molar-refractivity contribution is 7.47. The first kappa shape index (κ1) is 61.2. The second-order valence-electron chi connectivity index (χ2n) is 18.9. The number of rotatable bonds is 47. The van der Waals surface area contributed by atoms with Crippen LogP contribution in [-0.2, 0) is 18.4 Å². The Morgan fingerprint density at radius 3 is 1.38 bits per heavy atom. The van der Waals surface area contributed by atoms with E-state index < -0.39 is 20.0 Å². The molecule has 0 saturated heterocycles. The smallest absolute Gasteiger partial charge is 0.387 e. The van der Waals surface area contributed by atoms with Crippen molar-refractivity contribution in [1.82, 2.24) is 5.32 Å². The average molecular weight is 906 g/mol. The van der Waals surface area contributed by atoms with Crippen LogP contribution in [0, 0.1) is 0 Å². The molecule has 9 heteroatoms. The molecule has 0 aromatic rings. The third kappa shape index (κ3) is 48.0. The van der Waals surface area contributed by atoms with E-state index in [4.69, 9.17) is 9.05 Å². The number of hydrogen-bond donors (Lipinski definition) is 3. The largest absolute Gasteiger partial charge is 0.472 e. The first-order valence-electron chi connectivity index (χ1n) is 26.2. The zero-order valence-corrected chi connectivity index (χ0v) is 42.7. The maximum atomic E-state index is 12.9. The van der Waals surface area contributed by atoms with Crippen molar-refractivity contribution < 1.29 is 32.9 Å². The highest BCUT2D eigenvalue weighted by atomic mass is 31.2. The molecule has 8 nitrogen and oxygen atoms in total. The van der Waals surface area contributed by atoms with Crippen molar-refractivity contribution in [3.63, 3.8) is 0 Å². The van der Waals surface area contributed by atoms with Gasteiger partial charge in [-0.1, -0.05) is 203 Å². The minimum Gasteiger partial charge on any atom is -0.387 e. The number of phosphoric acid groups is 1. The van der Waals surface area contributed by atoms with Gasteiger partial charge in [-0.3, -0.25) is 13.8 Å². The van der Waals surface area contributed by atoms with Crippen LogP contribution in [0.1, 0.15) is 226 Å². The van der Waals surface area contributed by atoms with Crippen LogP contribution in [0.4, 0.5) is 0 Å². The van der Waals surface area contributed by atoms with Crippen molar-refractivity contribution >= 4 is 13.7 Å². The molecule has 0 saturated carbocycles. The zero-order chi connectivity index (χ0) is 46.4. The summed E-state index contributed by atoms with van der Waals surface area (Å²) in [5.74, 6) is -0.200. The number of aliphatic hydroxyl groups is 1. The van der Waals surface area contributed by atoms with E-state index in [2.05, 4.69) is 67.8 Å². The maximum Gasteiger partial charge on any atom is 0.472 e. The Kier molecular flexibility index (Phi) is 44.1. The van der Waals surface area contributed by atoms with E-state index in [9.17, 15) is 19.4 Å². The van der Waals surface area contributed by atoms with Crippen LogP contribution in [0.2, 0.25) is 0 Å². The van der Waals surface area contributed by atoms with Gasteiger partial charge in [0.05, 0.1) is 39.9 Å². The van der Waals surface area contributed by atoms with Gasteiger partial charge >= 0.3 is 7.82 Å². The molecule has 0 rings (SSSR count). The molecular weight excluding hydrogens is 804 g/mol. The lowest BCUT2D eigenvalue weighted by molar-refractivity contribution is -0.870. The summed E-state index contributed by atoms with van der Waals surface area (Å²) in [4.78, 5) is 23.2. The summed E-state index contributed by atoms with van der Waals surface area (Å²) in [5, 5.41) is 13.9. The number of allylic oxidation sites excluding steroid dienone is 9. The molecule has 0 bridgehead atoms. The lowest BCUT2D eigenvalue weighted by Crippen LogP contribution is -2.45. The van der Waals surface area contributed by atoms with Crippen LogP contribution in [-0.4, -0.2) is 73.4 Å². The normalized spacial score (nSPS) is 14.6. The highest BCUT2D eigenvalue weighted by Crippen LogP contribution is 2.43. The van der Waals surface area contributed by atoms with Gasteiger partial charge in [-0.2, -0.15) is 0 Å². The average Bonchev–Trinajstić information content (AvgIpc) is 3.24. The van der Waals surface area contributed by atoms with E-state index in [0.717, 1.165) is 64.2 Å². The first-order valence-corrected chi connectivity index (χ1v) is 27.7. The number of carbonyl (C=O) groups is 1. The van der Waals surface area contributed by atoms with Gasteiger partial charge in [-0.15, -0.1) is 0 Å². The Morgan fingerprint density at radius 1 is 0.540 bits per heavy atom. The summed E-state index contributed by atoms with van der Waals surface area (Å²) in [7, 11) is 1.54. The number of nitrogens with one attached hydrogen (secondary N) is 1. The van der Waals surface area contributed by atoms with Crippen molar-refractivity contribution in [2.24, 2.45) is 0 Å². The number of amides is 1. The second-order valence-corrected chi connectivity index (χ2v) is 20.3. The molecule has 0 heterocycles. The van der Waals surface area contributed by atoms with Gasteiger partial charge in [0, 0.05) is 6.42 Å². The predicted octanol–water partition coefficient (Wildman–Crippen LogP) is 15.4. The number of likely N-dealkylation sites (N-methyl/N-ethyl adjacent to an activating group) is 1. The molecule has 0 aliphatic carbocycles. The topological polar surface area (TPSA) is 105 Å². The van der Waals surface area contributed by atoms with E-state index in [1.807, 2.05) is 27.2 Å². The molecule has 0 fully saturated rings. The fourth-order valence-corrected chi connectivity index (χ4v) is 8.02. The minimum absolute atomic E-state index is 0.0499. The predicted molar refractivity (Wildman–Crippen MR) is 272 cm³/mol. The quantitative estimate of drug-likeness (QED) is 0.0243. The van der Waals surface area contributed by atoms with Gasteiger partial charge < -0.3 is 19.8 Å². The SMILES string of the molecule is CCCCCC/C=C\C/C=C\CCCCCCCCCC(=O)NC(COP(=O)(O)OCC[N+](C)(C)C)C(O)/C=C/CC/C=C/CC/C=C/CCCCCCCCCCCCCCC. The van der Waals surface area contributed by atoms with Gasteiger partial charge in [-0.25, -0.2) is 4.57 Å². The van der Waals surface area contributed by atoms with Crippen LogP contribution >= 0.6 is 7.82 Å². The van der Waals surface area contributed by atoms with Crippen LogP contribution in [0.25, 0.3) is 0 Å². The molecule has 0 spiro atoms. The first-order chi connectivity index (χ1) is 30.5. The molecule has 3 atom stereocenters. The van der Waals surface area contributed by atoms with Crippen molar-refractivity contribution in [3.05, 3.63) is 60.8 Å². The standard InChI is InChI=1S/C54H101N2O6P/c1-6-8-10-12-14-16-18-20-22-24-26-27-28-29-30-31-33-35-37-39-41-43-45-47-53(57)52(51-62-63(59,60)61-50-49-56(3,4)5)55-54(58)48-46-44-42-40-38-36-34-32-25-23-21-19-17-15-13-11-9-7-2/h17,19,23,25,30-31,37,39,45,47,52-53,57H,6-16,18,20-22,24,26-29,32-36,38,40-44,46,48-51H2,1-5H3,(H-,55,58,59,60)/p+1/b19-17-,25-23-,31-30+,39-37+,47-45+. The lowest BCUT2D eigenvalue weighted by Gasteiger charge is -2.25. The van der Waals surface area contributed by atoms with Gasteiger partial charge in [0.15, 0.2) is 0 Å². The van der Waals surface area contributed by atoms with E-state index >= 15 is 0 Å². The number of quaternary nitrogens is 1. The third-order valence-corrected chi connectivity index (χ3v) is 12.4. The number of hydrogen-bond acceptors (Lipinski definition) is 5. The van der Waals surface area contributed by atoms with Crippen LogP contribution in [0.5, 0.6) is 0 Å². The number of nitrogens with zero attached hydrogens (tertiary/aromatic N) is 1. The van der Waals surface area contributed by atoms with Crippen molar-refractivity contribution in [2.45, 2.75) is 238 Å². The van der Waals surface area contributed by atoms with Gasteiger partial charge in [0.1, 0.15) is 13.2 Å². The second kappa shape index (κ2) is 45.4. The molecule has 0 aromatic heterocycles. The minimum atomic E-state index is -4.36. The molecule has 0 aliphatic heterocycles. The highest BCUT2D eigenvalue weighted by Gasteiger charge is 2.27. The van der Waals surface area contributed by atoms with Crippen LogP contribution in [0.15, 0.2) is 60.8 Å². The molecular formula is C54H102N2O6P+. The van der Waals surface area contributed by atoms with Gasteiger partial charge in [0.25, 0.3) is 0 Å². The van der Waals surface area contributed by atoms with E-state index in [1.54, 1.807) is 6.08 Å². The molecule has 368 valence electrons. The summed E-state index contributed by atoms with van der Waals surface area (Å²) >= 11 is 0. The van der Waals surface area contributed by atoms with Crippen molar-refractivity contribution in [3.8, 4) is 0 Å². The molecule has 0 radical (unpaired) electrons. The molecule has 3 unspecified atom stereocenters. The third-order valence-electron chi connectivity index (χ3n) is 11.4. The zero-order valence-electron chi connectivity index (χ0n) is 41.8. The van der Waals surface area contributed by atoms with E-state index in [1.165, 1.54) is 141 Å². The van der Waals surface area contributed by atoms with Gasteiger partial charge in [0.2, 0.25) is 5.91 Å². The fraction of sp³-hybridized carbons (Fsp3) is 0.796. The summed E-state index contributed by atoms with van der Waals surface area (Å²) in [6.45, 7) is 4.77. The monoisotopic (exact) mass is 906 g/mol. The maximum absolute atomic E-state index is 12.9. The van der Waals surface area contributed by atoms with Crippen molar-refractivity contribution in [1.29, 1.82) is 0 Å². The van der Waals surface area contributed by atoms with E-state index in [-0.39, 0.29) is 19.1 Å². The molecule has 1 amide bonds. The summed E-state index contributed by atoms with van der Waals surface area (Å²) in [5.41, 5.74) is 0. The number of carbonyl (C=O) groups excluding carboxylic acids is 1. The number of unbranched alkanes of at least 4 members (excludes halogenated alkanes) is 26. The summed E-state index contributed by atoms with van der Waals surface area (Å²) in [6.07, 6.45) is 60.2. The Hall–Kier alpha value is -1.80. The van der Waals surface area contributed by atoms with Crippen LogP contribution in [0.3, 0.4) is 0 Å².